The van der Waals surface area contributed by atoms with Crippen LogP contribution in [-0.4, -0.2) is 77.2 Å². The lowest BCUT2D eigenvalue weighted by atomic mass is 10.1. The number of carbonyl (C=O) groups excluding carboxylic acids is 1. The molecule has 5 rings (SSSR count). The number of amides is 1. The van der Waals surface area contributed by atoms with Gasteiger partial charge in [-0.25, -0.2) is 9.48 Å². The van der Waals surface area contributed by atoms with Gasteiger partial charge in [-0.1, -0.05) is 24.3 Å². The molecular formula is C28H28F3N5O4. The lowest BCUT2D eigenvalue weighted by Crippen LogP contribution is -2.41. The molecule has 1 fully saturated rings. The number of rotatable bonds is 7. The zero-order valence-electron chi connectivity index (χ0n) is 21.4. The summed E-state index contributed by atoms with van der Waals surface area (Å²) in [6, 6.07) is 23.8. The molecule has 3 aromatic carbocycles. The first-order chi connectivity index (χ1) is 19.2. The van der Waals surface area contributed by atoms with Crippen LogP contribution >= 0.6 is 0 Å². The fourth-order valence-corrected chi connectivity index (χ4v) is 4.02. The van der Waals surface area contributed by atoms with Crippen LogP contribution < -0.4 is 10.6 Å². The lowest BCUT2D eigenvalue weighted by molar-refractivity contribution is -0.192. The van der Waals surface area contributed by atoms with E-state index in [1.165, 1.54) is 0 Å². The molecule has 0 saturated carbocycles. The molecule has 0 atom stereocenters. The third-order valence-corrected chi connectivity index (χ3v) is 6.05. The predicted octanol–water partition coefficient (Wildman–Crippen LogP) is 4.46. The zero-order valence-corrected chi connectivity index (χ0v) is 21.4. The molecule has 4 aromatic rings. The minimum atomic E-state index is -5.08. The maximum Gasteiger partial charge on any atom is 0.490 e. The smallest absolute Gasteiger partial charge is 0.475 e. The monoisotopic (exact) mass is 555 g/mol. The number of alkyl halides is 3. The van der Waals surface area contributed by atoms with Gasteiger partial charge >= 0.3 is 12.1 Å². The standard InChI is InChI=1S/C26H27N5O2.C2HF3O2/c32-26(27-11-12-30-13-15-33-16-14-30)20-5-4-8-24(17-20)31-25-18-23(10-9-21(25)19-28-31)29-22-6-2-1-3-7-22;3-2(4,5)1(6)7/h1-10,17-19,29H,11-16H2,(H,27,32);(H,6,7). The number of aliphatic carboxylic acids is 1. The molecule has 3 N–H and O–H groups in total. The minimum absolute atomic E-state index is 0.0759. The summed E-state index contributed by atoms with van der Waals surface area (Å²) < 4.78 is 39.0. The molecule has 0 bridgehead atoms. The number of aromatic nitrogens is 2. The number of benzene rings is 3. The van der Waals surface area contributed by atoms with Crippen molar-refractivity contribution in [3.05, 3.63) is 84.6 Å². The molecule has 0 aliphatic carbocycles. The number of ether oxygens (including phenoxy) is 1. The Kier molecular flexibility index (Phi) is 9.35. The Labute approximate surface area is 228 Å². The number of fused-ring (bicyclic) bond motifs is 1. The molecule has 1 aliphatic rings. The first-order valence-corrected chi connectivity index (χ1v) is 12.5. The Morgan fingerprint density at radius 2 is 1.68 bits per heavy atom. The Balaban J connectivity index is 0.000000470. The van der Waals surface area contributed by atoms with E-state index in [-0.39, 0.29) is 5.91 Å². The molecular weight excluding hydrogens is 527 g/mol. The van der Waals surface area contributed by atoms with Gasteiger partial charge in [-0.05, 0) is 48.5 Å². The van der Waals surface area contributed by atoms with Crippen molar-refractivity contribution in [2.24, 2.45) is 0 Å². The number of para-hydroxylation sites is 1. The average Bonchev–Trinajstić information content (AvgIpc) is 3.37. The van der Waals surface area contributed by atoms with Crippen molar-refractivity contribution in [1.82, 2.24) is 20.0 Å². The summed E-state index contributed by atoms with van der Waals surface area (Å²) >= 11 is 0. The van der Waals surface area contributed by atoms with Crippen LogP contribution in [0.15, 0.2) is 79.0 Å². The van der Waals surface area contributed by atoms with Crippen molar-refractivity contribution in [1.29, 1.82) is 0 Å². The number of carboxylic acids is 1. The topological polar surface area (TPSA) is 109 Å². The van der Waals surface area contributed by atoms with Gasteiger partial charge in [-0.3, -0.25) is 9.69 Å². The molecule has 1 saturated heterocycles. The van der Waals surface area contributed by atoms with Crippen molar-refractivity contribution in [2.75, 3.05) is 44.7 Å². The van der Waals surface area contributed by atoms with E-state index in [2.05, 4.69) is 26.7 Å². The van der Waals surface area contributed by atoms with E-state index in [1.807, 2.05) is 77.6 Å². The van der Waals surface area contributed by atoms with Gasteiger partial charge in [0.1, 0.15) is 0 Å². The van der Waals surface area contributed by atoms with Gasteiger partial charge in [0.2, 0.25) is 0 Å². The second-order valence-corrected chi connectivity index (χ2v) is 8.88. The number of carbonyl (C=O) groups is 2. The average molecular weight is 556 g/mol. The highest BCUT2D eigenvalue weighted by Gasteiger charge is 2.38. The van der Waals surface area contributed by atoms with Gasteiger partial charge in [-0.15, -0.1) is 0 Å². The van der Waals surface area contributed by atoms with Crippen LogP contribution in [-0.2, 0) is 9.53 Å². The Morgan fingerprint density at radius 3 is 2.38 bits per heavy atom. The van der Waals surface area contributed by atoms with Crippen LogP contribution in [0.5, 0.6) is 0 Å². The number of halogens is 3. The molecule has 12 heteroatoms. The summed E-state index contributed by atoms with van der Waals surface area (Å²) in [4.78, 5) is 23.9. The Hall–Kier alpha value is -4.42. The molecule has 0 radical (unpaired) electrons. The molecule has 1 aliphatic heterocycles. The molecule has 9 nitrogen and oxygen atoms in total. The van der Waals surface area contributed by atoms with Crippen molar-refractivity contribution in [2.45, 2.75) is 6.18 Å². The van der Waals surface area contributed by atoms with Crippen molar-refractivity contribution in [3.63, 3.8) is 0 Å². The molecule has 1 aromatic heterocycles. The normalized spacial score (nSPS) is 13.8. The summed E-state index contributed by atoms with van der Waals surface area (Å²) in [5.74, 6) is -2.83. The number of hydrogen-bond acceptors (Lipinski definition) is 6. The SMILES string of the molecule is O=C(NCCN1CCOCC1)c1cccc(-n2ncc3ccc(Nc4ccccc4)cc32)c1.O=C(O)C(F)(F)F. The number of nitrogens with zero attached hydrogens (tertiary/aromatic N) is 3. The van der Waals surface area contributed by atoms with E-state index >= 15 is 0 Å². The van der Waals surface area contributed by atoms with Gasteiger partial charge < -0.3 is 20.5 Å². The van der Waals surface area contributed by atoms with Crippen molar-refractivity contribution < 1.29 is 32.6 Å². The van der Waals surface area contributed by atoms with Crippen LogP contribution in [0.25, 0.3) is 16.6 Å². The summed E-state index contributed by atoms with van der Waals surface area (Å²) in [5.41, 5.74) is 4.45. The molecule has 210 valence electrons. The second-order valence-electron chi connectivity index (χ2n) is 8.88. The van der Waals surface area contributed by atoms with Crippen LogP contribution in [0.3, 0.4) is 0 Å². The van der Waals surface area contributed by atoms with E-state index in [4.69, 9.17) is 14.6 Å². The van der Waals surface area contributed by atoms with Gasteiger partial charge in [0, 0.05) is 48.5 Å². The summed E-state index contributed by atoms with van der Waals surface area (Å²) in [6.45, 7) is 4.79. The summed E-state index contributed by atoms with van der Waals surface area (Å²) in [6.07, 6.45) is -3.24. The van der Waals surface area contributed by atoms with Crippen LogP contribution in [0, 0.1) is 0 Å². The zero-order chi connectivity index (χ0) is 28.5. The second kappa shape index (κ2) is 13.1. The predicted molar refractivity (Wildman–Crippen MR) is 144 cm³/mol. The number of anilines is 2. The van der Waals surface area contributed by atoms with Gasteiger partial charge in [0.15, 0.2) is 0 Å². The number of hydrogen-bond donors (Lipinski definition) is 3. The van der Waals surface area contributed by atoms with Crippen LogP contribution in [0.1, 0.15) is 10.4 Å². The maximum absolute atomic E-state index is 12.7. The number of nitrogens with one attached hydrogen (secondary N) is 2. The largest absolute Gasteiger partial charge is 0.490 e. The quantitative estimate of drug-likeness (QED) is 0.309. The van der Waals surface area contributed by atoms with Crippen LogP contribution in [0.2, 0.25) is 0 Å². The lowest BCUT2D eigenvalue weighted by Gasteiger charge is -2.26. The van der Waals surface area contributed by atoms with Gasteiger partial charge in [0.25, 0.3) is 5.91 Å². The Morgan fingerprint density at radius 1 is 0.950 bits per heavy atom. The van der Waals surface area contributed by atoms with Crippen molar-refractivity contribution >= 4 is 34.2 Å². The van der Waals surface area contributed by atoms with E-state index in [1.54, 1.807) is 0 Å². The molecule has 1 amide bonds. The van der Waals surface area contributed by atoms with Gasteiger partial charge in [0.05, 0.1) is 30.6 Å². The number of carboxylic acid groups (broad SMARTS) is 1. The summed E-state index contributed by atoms with van der Waals surface area (Å²) in [5, 5.41) is 19.2. The highest BCUT2D eigenvalue weighted by atomic mass is 19.4. The third kappa shape index (κ3) is 7.80. The van der Waals surface area contributed by atoms with Crippen molar-refractivity contribution in [3.8, 4) is 5.69 Å². The van der Waals surface area contributed by atoms with E-state index in [0.717, 1.165) is 60.8 Å². The highest BCUT2D eigenvalue weighted by molar-refractivity contribution is 5.95. The van der Waals surface area contributed by atoms with E-state index in [0.29, 0.717) is 12.1 Å². The Bertz CT molecular complexity index is 1440. The third-order valence-electron chi connectivity index (χ3n) is 6.05. The molecule has 0 spiro atoms. The highest BCUT2D eigenvalue weighted by Crippen LogP contribution is 2.25. The molecule has 0 unspecified atom stereocenters. The number of morpholine rings is 1. The van der Waals surface area contributed by atoms with E-state index in [9.17, 15) is 18.0 Å². The fourth-order valence-electron chi connectivity index (χ4n) is 4.02. The first kappa shape index (κ1) is 28.6. The first-order valence-electron chi connectivity index (χ1n) is 12.5. The van der Waals surface area contributed by atoms with Crippen LogP contribution in [0.4, 0.5) is 24.5 Å². The van der Waals surface area contributed by atoms with Gasteiger partial charge in [-0.2, -0.15) is 18.3 Å². The molecule has 40 heavy (non-hydrogen) atoms. The minimum Gasteiger partial charge on any atom is -0.475 e. The fraction of sp³-hybridized carbons (Fsp3) is 0.250. The summed E-state index contributed by atoms with van der Waals surface area (Å²) in [7, 11) is 0. The molecule has 2 heterocycles. The maximum atomic E-state index is 12.7. The van der Waals surface area contributed by atoms with E-state index < -0.39 is 12.1 Å².